The Balaban J connectivity index is 1.49. The SMILES string of the molecule is O=C(COC(=O)C1CCN(S(=O)(=O)c2ccc(F)cc2)CC1)Nc1cc(F)ccc1F. The number of hydrogen-bond acceptors (Lipinski definition) is 5. The van der Waals surface area contributed by atoms with Gasteiger partial charge in [0.25, 0.3) is 5.91 Å². The van der Waals surface area contributed by atoms with Crippen LogP contribution in [0.15, 0.2) is 47.4 Å². The van der Waals surface area contributed by atoms with Crippen LogP contribution in [-0.2, 0) is 24.3 Å². The highest BCUT2D eigenvalue weighted by atomic mass is 32.2. The second-order valence-corrected chi connectivity index (χ2v) is 8.85. The van der Waals surface area contributed by atoms with Gasteiger partial charge in [-0.3, -0.25) is 9.59 Å². The number of ether oxygens (including phenoxy) is 1. The summed E-state index contributed by atoms with van der Waals surface area (Å²) < 4.78 is 71.0. The molecule has 0 radical (unpaired) electrons. The number of nitrogens with zero attached hydrogens (tertiary/aromatic N) is 1. The molecule has 31 heavy (non-hydrogen) atoms. The van der Waals surface area contributed by atoms with Crippen LogP contribution in [0.4, 0.5) is 18.9 Å². The zero-order valence-electron chi connectivity index (χ0n) is 16.2. The van der Waals surface area contributed by atoms with Crippen molar-refractivity contribution in [2.45, 2.75) is 17.7 Å². The van der Waals surface area contributed by atoms with E-state index in [0.29, 0.717) is 0 Å². The highest BCUT2D eigenvalue weighted by molar-refractivity contribution is 7.89. The number of benzene rings is 2. The number of amides is 1. The fraction of sp³-hybridized carbons (Fsp3) is 0.300. The molecule has 1 aliphatic rings. The molecule has 0 atom stereocenters. The first kappa shape index (κ1) is 22.8. The van der Waals surface area contributed by atoms with E-state index in [1.54, 1.807) is 0 Å². The standard InChI is InChI=1S/C20H19F3N2O5S/c21-14-1-4-16(5-2-14)31(28,29)25-9-7-13(8-10-25)20(27)30-12-19(26)24-18-11-15(22)3-6-17(18)23/h1-6,11,13H,7-10,12H2,(H,24,26). The maximum atomic E-state index is 13.5. The molecule has 0 aliphatic carbocycles. The number of carbonyl (C=O) groups is 2. The van der Waals surface area contributed by atoms with Gasteiger partial charge in [-0.15, -0.1) is 0 Å². The van der Waals surface area contributed by atoms with Gasteiger partial charge in [0.1, 0.15) is 17.5 Å². The number of sulfonamides is 1. The van der Waals surface area contributed by atoms with E-state index in [0.717, 1.165) is 30.3 Å². The Hall–Kier alpha value is -2.92. The van der Waals surface area contributed by atoms with Crippen molar-refractivity contribution >= 4 is 27.6 Å². The second-order valence-electron chi connectivity index (χ2n) is 6.91. The molecule has 0 spiro atoms. The summed E-state index contributed by atoms with van der Waals surface area (Å²) in [6.45, 7) is -0.580. The zero-order valence-corrected chi connectivity index (χ0v) is 17.0. The lowest BCUT2D eigenvalue weighted by Gasteiger charge is -2.30. The predicted octanol–water partition coefficient (Wildman–Crippen LogP) is 2.69. The third-order valence-electron chi connectivity index (χ3n) is 4.79. The minimum absolute atomic E-state index is 0.0452. The number of anilines is 1. The third kappa shape index (κ3) is 5.61. The van der Waals surface area contributed by atoms with Gasteiger partial charge in [0.15, 0.2) is 6.61 Å². The molecule has 3 rings (SSSR count). The lowest BCUT2D eigenvalue weighted by atomic mass is 9.98. The molecule has 11 heteroatoms. The lowest BCUT2D eigenvalue weighted by molar-refractivity contribution is -0.152. The fourth-order valence-electron chi connectivity index (χ4n) is 3.12. The van der Waals surface area contributed by atoms with Gasteiger partial charge in [0.05, 0.1) is 16.5 Å². The van der Waals surface area contributed by atoms with E-state index >= 15 is 0 Å². The second kappa shape index (κ2) is 9.48. The molecule has 2 aromatic rings. The van der Waals surface area contributed by atoms with Gasteiger partial charge in [-0.25, -0.2) is 21.6 Å². The number of halogens is 3. The zero-order chi connectivity index (χ0) is 22.6. The van der Waals surface area contributed by atoms with E-state index in [-0.39, 0.29) is 36.5 Å². The Morgan fingerprint density at radius 3 is 2.26 bits per heavy atom. The molecule has 1 amide bonds. The summed E-state index contributed by atoms with van der Waals surface area (Å²) in [6, 6.07) is 7.00. The maximum Gasteiger partial charge on any atom is 0.309 e. The molecular weight excluding hydrogens is 437 g/mol. The Labute approximate surface area is 176 Å². The van der Waals surface area contributed by atoms with Gasteiger partial charge in [-0.1, -0.05) is 0 Å². The summed E-state index contributed by atoms with van der Waals surface area (Å²) in [6.07, 6.45) is 0.360. The molecule has 1 heterocycles. The molecule has 166 valence electrons. The van der Waals surface area contributed by atoms with Crippen molar-refractivity contribution in [1.82, 2.24) is 4.31 Å². The minimum atomic E-state index is -3.81. The van der Waals surface area contributed by atoms with Crippen molar-refractivity contribution in [2.24, 2.45) is 5.92 Å². The summed E-state index contributed by atoms with van der Waals surface area (Å²) in [5.41, 5.74) is -0.375. The topological polar surface area (TPSA) is 92.8 Å². The molecule has 1 aliphatic heterocycles. The summed E-state index contributed by atoms with van der Waals surface area (Å²) in [4.78, 5) is 24.0. The van der Waals surface area contributed by atoms with Crippen LogP contribution in [0, 0.1) is 23.4 Å². The average Bonchev–Trinajstić information content (AvgIpc) is 2.75. The van der Waals surface area contributed by atoms with Crippen molar-refractivity contribution in [2.75, 3.05) is 25.0 Å². The smallest absolute Gasteiger partial charge is 0.309 e. The fourth-order valence-corrected chi connectivity index (χ4v) is 4.59. The first-order valence-electron chi connectivity index (χ1n) is 9.34. The average molecular weight is 456 g/mol. The van der Waals surface area contributed by atoms with Gasteiger partial charge < -0.3 is 10.1 Å². The molecule has 0 bridgehead atoms. The van der Waals surface area contributed by atoms with E-state index in [4.69, 9.17) is 4.74 Å². The largest absolute Gasteiger partial charge is 0.455 e. The van der Waals surface area contributed by atoms with Crippen LogP contribution in [0.2, 0.25) is 0 Å². The van der Waals surface area contributed by atoms with Crippen molar-refractivity contribution in [1.29, 1.82) is 0 Å². The molecule has 1 fully saturated rings. The van der Waals surface area contributed by atoms with Crippen molar-refractivity contribution in [3.05, 3.63) is 59.9 Å². The van der Waals surface area contributed by atoms with Gasteiger partial charge in [-0.05, 0) is 49.2 Å². The van der Waals surface area contributed by atoms with Crippen LogP contribution in [0.1, 0.15) is 12.8 Å². The molecule has 7 nitrogen and oxygen atoms in total. The highest BCUT2D eigenvalue weighted by Gasteiger charge is 2.33. The number of nitrogens with one attached hydrogen (secondary N) is 1. The molecule has 0 saturated carbocycles. The van der Waals surface area contributed by atoms with Crippen LogP contribution in [0.5, 0.6) is 0 Å². The summed E-state index contributed by atoms with van der Waals surface area (Å²) in [7, 11) is -3.81. The number of piperidine rings is 1. The van der Waals surface area contributed by atoms with Crippen LogP contribution in [-0.4, -0.2) is 44.3 Å². The Morgan fingerprint density at radius 2 is 1.61 bits per heavy atom. The van der Waals surface area contributed by atoms with Gasteiger partial charge in [-0.2, -0.15) is 4.31 Å². The van der Waals surface area contributed by atoms with E-state index in [1.807, 2.05) is 0 Å². The van der Waals surface area contributed by atoms with Crippen molar-refractivity contribution in [3.8, 4) is 0 Å². The first-order chi connectivity index (χ1) is 14.7. The number of carbonyl (C=O) groups excluding carboxylic acids is 2. The van der Waals surface area contributed by atoms with Gasteiger partial charge >= 0.3 is 5.97 Å². The van der Waals surface area contributed by atoms with Crippen molar-refractivity contribution < 1.29 is 35.9 Å². The summed E-state index contributed by atoms with van der Waals surface area (Å²) in [5.74, 6) is -4.27. The van der Waals surface area contributed by atoms with Crippen LogP contribution < -0.4 is 5.32 Å². The number of esters is 1. The number of hydrogen-bond donors (Lipinski definition) is 1. The Bertz CT molecular complexity index is 1070. The van der Waals surface area contributed by atoms with Crippen LogP contribution >= 0.6 is 0 Å². The molecule has 1 saturated heterocycles. The molecule has 1 N–H and O–H groups in total. The summed E-state index contributed by atoms with van der Waals surface area (Å²) >= 11 is 0. The van der Waals surface area contributed by atoms with E-state index in [1.165, 1.54) is 16.4 Å². The highest BCUT2D eigenvalue weighted by Crippen LogP contribution is 2.25. The van der Waals surface area contributed by atoms with E-state index in [2.05, 4.69) is 5.32 Å². The summed E-state index contributed by atoms with van der Waals surface area (Å²) in [5, 5.41) is 2.11. The van der Waals surface area contributed by atoms with Crippen LogP contribution in [0.25, 0.3) is 0 Å². The third-order valence-corrected chi connectivity index (χ3v) is 6.70. The van der Waals surface area contributed by atoms with Crippen LogP contribution in [0.3, 0.4) is 0 Å². The molecule has 0 aromatic heterocycles. The quantitative estimate of drug-likeness (QED) is 0.675. The molecule has 2 aromatic carbocycles. The lowest BCUT2D eigenvalue weighted by Crippen LogP contribution is -2.40. The van der Waals surface area contributed by atoms with E-state index < -0.39 is 51.9 Å². The normalized spacial score (nSPS) is 15.5. The molecular formula is C20H19F3N2O5S. The molecule has 0 unspecified atom stereocenters. The minimum Gasteiger partial charge on any atom is -0.455 e. The maximum absolute atomic E-state index is 13.5. The Morgan fingerprint density at radius 1 is 1.00 bits per heavy atom. The predicted molar refractivity (Wildman–Crippen MR) is 104 cm³/mol. The first-order valence-corrected chi connectivity index (χ1v) is 10.8. The van der Waals surface area contributed by atoms with E-state index in [9.17, 15) is 31.2 Å². The van der Waals surface area contributed by atoms with Crippen molar-refractivity contribution in [3.63, 3.8) is 0 Å². The number of rotatable bonds is 6. The van der Waals surface area contributed by atoms with Gasteiger partial charge in [0, 0.05) is 19.2 Å². The van der Waals surface area contributed by atoms with Gasteiger partial charge in [0.2, 0.25) is 10.0 Å². The monoisotopic (exact) mass is 456 g/mol. The Kier molecular flexibility index (Phi) is 6.96.